The molecule has 0 saturated carbocycles. The zero-order valence-corrected chi connectivity index (χ0v) is 13.8. The van der Waals surface area contributed by atoms with Crippen molar-refractivity contribution in [2.24, 2.45) is 0 Å². The molecular weight excluding hydrogens is 340 g/mol. The van der Waals surface area contributed by atoms with E-state index in [2.05, 4.69) is 15.9 Å². The number of halogens is 1. The van der Waals surface area contributed by atoms with E-state index in [1.54, 1.807) is 25.6 Å². The highest BCUT2D eigenvalue weighted by molar-refractivity contribution is 9.10. The number of methoxy groups -OCH3 is 2. The lowest BCUT2D eigenvalue weighted by atomic mass is 10.0. The first-order valence-electron chi connectivity index (χ1n) is 6.24. The van der Waals surface area contributed by atoms with Gasteiger partial charge in [0.15, 0.2) is 11.5 Å². The number of hydrogen-bond donors (Lipinski definition) is 1. The van der Waals surface area contributed by atoms with Crippen LogP contribution in [0.3, 0.4) is 0 Å². The maximum Gasteiger partial charge on any atom is 0.160 e. The third-order valence-electron chi connectivity index (χ3n) is 2.98. The molecule has 0 amide bonds. The van der Waals surface area contributed by atoms with Crippen molar-refractivity contribution in [1.82, 2.24) is 0 Å². The molecule has 0 aliphatic heterocycles. The van der Waals surface area contributed by atoms with Crippen LogP contribution >= 0.6 is 27.3 Å². The van der Waals surface area contributed by atoms with Gasteiger partial charge in [-0.1, -0.05) is 6.07 Å². The van der Waals surface area contributed by atoms with Gasteiger partial charge in [-0.15, -0.1) is 11.3 Å². The second-order valence-electron chi connectivity index (χ2n) is 4.48. The van der Waals surface area contributed by atoms with Crippen LogP contribution in [0, 0.1) is 0 Å². The highest BCUT2D eigenvalue weighted by atomic mass is 79.9. The van der Waals surface area contributed by atoms with Crippen molar-refractivity contribution >= 4 is 27.3 Å². The number of aliphatic hydroxyl groups excluding tert-OH is 1. The Labute approximate surface area is 131 Å². The molecule has 0 bridgehead atoms. The Morgan fingerprint density at radius 2 is 1.90 bits per heavy atom. The van der Waals surface area contributed by atoms with Gasteiger partial charge in [0.1, 0.15) is 0 Å². The number of rotatable bonds is 6. The van der Waals surface area contributed by atoms with Gasteiger partial charge < -0.3 is 14.6 Å². The first-order chi connectivity index (χ1) is 9.62. The Morgan fingerprint density at radius 3 is 2.50 bits per heavy atom. The molecule has 0 radical (unpaired) electrons. The molecule has 0 saturated heterocycles. The smallest absolute Gasteiger partial charge is 0.160 e. The molecule has 0 aliphatic carbocycles. The van der Waals surface area contributed by atoms with Crippen LogP contribution in [0.4, 0.5) is 0 Å². The second kappa shape index (κ2) is 7.11. The highest BCUT2D eigenvalue weighted by Crippen LogP contribution is 2.28. The molecule has 20 heavy (non-hydrogen) atoms. The van der Waals surface area contributed by atoms with E-state index in [9.17, 15) is 5.11 Å². The molecule has 1 unspecified atom stereocenters. The molecule has 1 heterocycles. The molecule has 1 aromatic carbocycles. The standard InChI is InChI=1S/C15H17BrO3S/c1-18-14-4-3-10(6-15(14)19-2)5-12(17)8-13-7-11(16)9-20-13/h3-4,6-7,9,12,17H,5,8H2,1-2H3. The summed E-state index contributed by atoms with van der Waals surface area (Å²) >= 11 is 5.07. The van der Waals surface area contributed by atoms with Gasteiger partial charge in [0.25, 0.3) is 0 Å². The molecule has 108 valence electrons. The minimum absolute atomic E-state index is 0.404. The molecular formula is C15H17BrO3S. The van der Waals surface area contributed by atoms with Crippen molar-refractivity contribution in [2.75, 3.05) is 14.2 Å². The van der Waals surface area contributed by atoms with Gasteiger partial charge in [-0.05, 0) is 46.1 Å². The van der Waals surface area contributed by atoms with Crippen LogP contribution in [0.2, 0.25) is 0 Å². The van der Waals surface area contributed by atoms with E-state index in [1.807, 2.05) is 29.6 Å². The maximum atomic E-state index is 10.2. The lowest BCUT2D eigenvalue weighted by Crippen LogP contribution is -2.13. The van der Waals surface area contributed by atoms with Crippen molar-refractivity contribution in [2.45, 2.75) is 18.9 Å². The van der Waals surface area contributed by atoms with Crippen molar-refractivity contribution in [3.05, 3.63) is 44.6 Å². The maximum absolute atomic E-state index is 10.2. The van der Waals surface area contributed by atoms with Crippen molar-refractivity contribution in [3.8, 4) is 11.5 Å². The SMILES string of the molecule is COc1ccc(CC(O)Cc2cc(Br)cs2)cc1OC. The third-order valence-corrected chi connectivity index (χ3v) is 4.70. The largest absolute Gasteiger partial charge is 0.493 e. The third kappa shape index (κ3) is 3.98. The Balaban J connectivity index is 2.02. The van der Waals surface area contributed by atoms with Crippen LogP contribution in [0.15, 0.2) is 34.1 Å². The number of hydrogen-bond acceptors (Lipinski definition) is 4. The molecule has 0 spiro atoms. The minimum atomic E-state index is -0.404. The first-order valence-corrected chi connectivity index (χ1v) is 7.91. The summed E-state index contributed by atoms with van der Waals surface area (Å²) in [4.78, 5) is 1.17. The zero-order valence-electron chi connectivity index (χ0n) is 11.4. The summed E-state index contributed by atoms with van der Waals surface area (Å²) in [5, 5.41) is 12.2. The monoisotopic (exact) mass is 356 g/mol. The molecule has 5 heteroatoms. The van der Waals surface area contributed by atoms with E-state index < -0.39 is 6.10 Å². The summed E-state index contributed by atoms with van der Waals surface area (Å²) in [6.07, 6.45) is 0.846. The number of benzene rings is 1. The van der Waals surface area contributed by atoms with E-state index in [0.29, 0.717) is 24.3 Å². The molecule has 3 nitrogen and oxygen atoms in total. The Kier molecular flexibility index (Phi) is 5.46. The molecule has 1 N–H and O–H groups in total. The molecule has 2 aromatic rings. The fraction of sp³-hybridized carbons (Fsp3) is 0.333. The van der Waals surface area contributed by atoms with Crippen molar-refractivity contribution in [1.29, 1.82) is 0 Å². The Hall–Kier alpha value is -1.04. The average molecular weight is 357 g/mol. The number of ether oxygens (including phenoxy) is 2. The minimum Gasteiger partial charge on any atom is -0.493 e. The van der Waals surface area contributed by atoms with Gasteiger partial charge in [-0.2, -0.15) is 0 Å². The van der Waals surface area contributed by atoms with Gasteiger partial charge >= 0.3 is 0 Å². The van der Waals surface area contributed by atoms with Crippen molar-refractivity contribution < 1.29 is 14.6 Å². The molecule has 1 aromatic heterocycles. The van der Waals surface area contributed by atoms with Crippen LogP contribution in [0.25, 0.3) is 0 Å². The topological polar surface area (TPSA) is 38.7 Å². The van der Waals surface area contributed by atoms with Gasteiger partial charge in [0.05, 0.1) is 20.3 Å². The van der Waals surface area contributed by atoms with Crippen LogP contribution in [0.1, 0.15) is 10.4 Å². The van der Waals surface area contributed by atoms with E-state index >= 15 is 0 Å². The summed E-state index contributed by atoms with van der Waals surface area (Å²) in [7, 11) is 3.22. The number of aliphatic hydroxyl groups is 1. The molecule has 0 aliphatic rings. The van der Waals surface area contributed by atoms with Gasteiger partial charge in [-0.25, -0.2) is 0 Å². The summed E-state index contributed by atoms with van der Waals surface area (Å²) in [6, 6.07) is 7.77. The van der Waals surface area contributed by atoms with Crippen molar-refractivity contribution in [3.63, 3.8) is 0 Å². The molecule has 1 atom stereocenters. The van der Waals surface area contributed by atoms with Gasteiger partial charge in [-0.3, -0.25) is 0 Å². The predicted molar refractivity (Wildman–Crippen MR) is 85.0 cm³/mol. The normalized spacial score (nSPS) is 12.2. The van der Waals surface area contributed by atoms with E-state index in [-0.39, 0.29) is 0 Å². The summed E-state index contributed by atoms with van der Waals surface area (Å²) in [5.74, 6) is 1.39. The quantitative estimate of drug-likeness (QED) is 0.857. The summed E-state index contributed by atoms with van der Waals surface area (Å²) in [6.45, 7) is 0. The van der Waals surface area contributed by atoms with E-state index in [1.165, 1.54) is 4.88 Å². The Morgan fingerprint density at radius 1 is 1.15 bits per heavy atom. The van der Waals surface area contributed by atoms with Crippen LogP contribution in [-0.2, 0) is 12.8 Å². The fourth-order valence-electron chi connectivity index (χ4n) is 2.04. The summed E-state index contributed by atoms with van der Waals surface area (Å²) in [5.41, 5.74) is 1.03. The van der Waals surface area contributed by atoms with E-state index in [0.717, 1.165) is 10.0 Å². The first kappa shape index (κ1) is 15.4. The number of thiophene rings is 1. The Bertz CT molecular complexity index is 568. The van der Waals surface area contributed by atoms with Crippen LogP contribution in [0.5, 0.6) is 11.5 Å². The lowest BCUT2D eigenvalue weighted by molar-refractivity contribution is 0.176. The predicted octanol–water partition coefficient (Wildman–Crippen LogP) is 3.67. The molecule has 2 rings (SSSR count). The van der Waals surface area contributed by atoms with Gasteiger partial charge in [0, 0.05) is 21.2 Å². The van der Waals surface area contributed by atoms with Crippen LogP contribution in [-0.4, -0.2) is 25.4 Å². The zero-order chi connectivity index (χ0) is 14.5. The van der Waals surface area contributed by atoms with E-state index in [4.69, 9.17) is 9.47 Å². The highest BCUT2D eigenvalue weighted by Gasteiger charge is 2.11. The average Bonchev–Trinajstić information content (AvgIpc) is 2.83. The molecule has 0 fully saturated rings. The fourth-order valence-corrected chi connectivity index (χ4v) is 3.57. The van der Waals surface area contributed by atoms with Gasteiger partial charge in [0.2, 0.25) is 0 Å². The second-order valence-corrected chi connectivity index (χ2v) is 6.39. The van der Waals surface area contributed by atoms with Crippen LogP contribution < -0.4 is 9.47 Å². The summed E-state index contributed by atoms with van der Waals surface area (Å²) < 4.78 is 11.5. The lowest BCUT2D eigenvalue weighted by Gasteiger charge is -2.12.